The average molecular weight is 210 g/mol. The van der Waals surface area contributed by atoms with Crippen LogP contribution in [0.15, 0.2) is 0 Å². The summed E-state index contributed by atoms with van der Waals surface area (Å²) >= 11 is 0. The molecule has 13 heavy (non-hydrogen) atoms. The fourth-order valence-corrected chi connectivity index (χ4v) is 3.35. The first-order chi connectivity index (χ1) is 5.78. The number of sulfone groups is 1. The molecule has 0 aromatic heterocycles. The van der Waals surface area contributed by atoms with E-state index in [2.05, 4.69) is 0 Å². The Hall–Kier alpha value is -0.650. The SMILES string of the molecule is CC1(C(=O)O)CS(=O)(=O)CCC1F. The van der Waals surface area contributed by atoms with Gasteiger partial charge in [-0.2, -0.15) is 0 Å². The van der Waals surface area contributed by atoms with E-state index >= 15 is 0 Å². The van der Waals surface area contributed by atoms with Crippen LogP contribution in [0.25, 0.3) is 0 Å². The van der Waals surface area contributed by atoms with Crippen molar-refractivity contribution in [3.8, 4) is 0 Å². The average Bonchev–Trinajstić information content (AvgIpc) is 1.97. The summed E-state index contributed by atoms with van der Waals surface area (Å²) in [5, 5.41) is 8.70. The first-order valence-corrected chi connectivity index (χ1v) is 5.68. The highest BCUT2D eigenvalue weighted by atomic mass is 32.2. The van der Waals surface area contributed by atoms with Gasteiger partial charge in [-0.25, -0.2) is 12.8 Å². The number of halogens is 1. The van der Waals surface area contributed by atoms with Gasteiger partial charge in [0.1, 0.15) is 11.6 Å². The molecular weight excluding hydrogens is 199 g/mol. The van der Waals surface area contributed by atoms with Crippen molar-refractivity contribution in [2.24, 2.45) is 5.41 Å². The van der Waals surface area contributed by atoms with Crippen molar-refractivity contribution in [3.05, 3.63) is 0 Å². The van der Waals surface area contributed by atoms with Crippen LogP contribution in [0.4, 0.5) is 4.39 Å². The molecular formula is C7H11FO4S. The molecule has 0 aromatic rings. The van der Waals surface area contributed by atoms with E-state index in [0.29, 0.717) is 0 Å². The Bertz CT molecular complexity index is 323. The number of hydrogen-bond donors (Lipinski definition) is 1. The maximum Gasteiger partial charge on any atom is 0.313 e. The van der Waals surface area contributed by atoms with Gasteiger partial charge in [-0.15, -0.1) is 0 Å². The molecule has 0 saturated carbocycles. The third kappa shape index (κ3) is 1.82. The number of aliphatic carboxylic acids is 1. The van der Waals surface area contributed by atoms with Crippen molar-refractivity contribution in [3.63, 3.8) is 0 Å². The second-order valence-electron chi connectivity index (χ2n) is 3.57. The summed E-state index contributed by atoms with van der Waals surface area (Å²) in [5.74, 6) is -2.24. The zero-order chi connectivity index (χ0) is 10.3. The number of carboxylic acids is 1. The normalized spacial score (nSPS) is 38.5. The standard InChI is InChI=1S/C7H11FO4S/c1-7(6(9)10)4-13(11,12)3-2-5(7)8/h5H,2-4H2,1H3,(H,9,10). The minimum atomic E-state index is -3.39. The Labute approximate surface area is 75.7 Å². The van der Waals surface area contributed by atoms with Gasteiger partial charge in [-0.1, -0.05) is 0 Å². The molecule has 1 saturated heterocycles. The Balaban J connectivity index is 3.01. The lowest BCUT2D eigenvalue weighted by Crippen LogP contribution is -2.48. The Kier molecular flexibility index (Phi) is 2.36. The smallest absolute Gasteiger partial charge is 0.313 e. The molecule has 1 rings (SSSR count). The molecule has 0 bridgehead atoms. The molecule has 76 valence electrons. The highest BCUT2D eigenvalue weighted by Gasteiger charge is 2.49. The van der Waals surface area contributed by atoms with Gasteiger partial charge in [0, 0.05) is 0 Å². The van der Waals surface area contributed by atoms with Gasteiger partial charge in [0.15, 0.2) is 9.84 Å². The monoisotopic (exact) mass is 210 g/mol. The van der Waals surface area contributed by atoms with E-state index in [1.807, 2.05) is 0 Å². The lowest BCUT2D eigenvalue weighted by atomic mass is 9.86. The van der Waals surface area contributed by atoms with Crippen molar-refractivity contribution in [2.45, 2.75) is 19.5 Å². The molecule has 1 fully saturated rings. The van der Waals surface area contributed by atoms with Crippen molar-refractivity contribution < 1.29 is 22.7 Å². The van der Waals surface area contributed by atoms with Crippen LogP contribution in [0.5, 0.6) is 0 Å². The van der Waals surface area contributed by atoms with Crippen LogP contribution < -0.4 is 0 Å². The van der Waals surface area contributed by atoms with Crippen molar-refractivity contribution >= 4 is 15.8 Å². The third-order valence-electron chi connectivity index (χ3n) is 2.38. The van der Waals surface area contributed by atoms with E-state index in [9.17, 15) is 17.6 Å². The summed E-state index contributed by atoms with van der Waals surface area (Å²) in [4.78, 5) is 10.7. The fourth-order valence-electron chi connectivity index (χ4n) is 1.42. The highest BCUT2D eigenvalue weighted by molar-refractivity contribution is 7.91. The topological polar surface area (TPSA) is 71.4 Å². The summed E-state index contributed by atoms with van der Waals surface area (Å²) in [5.41, 5.74) is -1.77. The molecule has 0 radical (unpaired) electrons. The second kappa shape index (κ2) is 2.94. The predicted molar refractivity (Wildman–Crippen MR) is 43.9 cm³/mol. The van der Waals surface area contributed by atoms with Crippen LogP contribution in [-0.4, -0.2) is 37.2 Å². The summed E-state index contributed by atoms with van der Waals surface area (Å²) < 4.78 is 35.4. The predicted octanol–water partition coefficient (Wildman–Crippen LogP) is 0.234. The Morgan fingerprint density at radius 2 is 2.15 bits per heavy atom. The van der Waals surface area contributed by atoms with Crippen molar-refractivity contribution in [1.82, 2.24) is 0 Å². The minimum Gasteiger partial charge on any atom is -0.481 e. The molecule has 2 unspecified atom stereocenters. The molecule has 1 aliphatic rings. The summed E-state index contributed by atoms with van der Waals surface area (Å²) in [6.07, 6.45) is -1.79. The van der Waals surface area contributed by atoms with Crippen LogP contribution in [0.1, 0.15) is 13.3 Å². The number of rotatable bonds is 1. The van der Waals surface area contributed by atoms with Crippen molar-refractivity contribution in [2.75, 3.05) is 11.5 Å². The maximum atomic E-state index is 13.2. The molecule has 1 heterocycles. The Morgan fingerprint density at radius 3 is 2.54 bits per heavy atom. The van der Waals surface area contributed by atoms with E-state index in [1.165, 1.54) is 0 Å². The fraction of sp³-hybridized carbons (Fsp3) is 0.857. The Morgan fingerprint density at radius 1 is 1.62 bits per heavy atom. The van der Waals surface area contributed by atoms with Crippen LogP contribution in [0.3, 0.4) is 0 Å². The second-order valence-corrected chi connectivity index (χ2v) is 5.75. The van der Waals surface area contributed by atoms with Gasteiger partial charge < -0.3 is 5.11 Å². The molecule has 0 amide bonds. The minimum absolute atomic E-state index is 0.217. The molecule has 6 heteroatoms. The molecule has 0 aromatic carbocycles. The quantitative estimate of drug-likeness (QED) is 0.672. The van der Waals surface area contributed by atoms with E-state index in [4.69, 9.17) is 5.11 Å². The summed E-state index contributed by atoms with van der Waals surface area (Å²) in [7, 11) is -3.39. The first kappa shape index (κ1) is 10.4. The maximum absolute atomic E-state index is 13.2. The van der Waals surface area contributed by atoms with Gasteiger partial charge in [0.05, 0.1) is 11.5 Å². The van der Waals surface area contributed by atoms with Gasteiger partial charge in [0.25, 0.3) is 0 Å². The molecule has 1 N–H and O–H groups in total. The van der Waals surface area contributed by atoms with E-state index in [1.54, 1.807) is 0 Å². The number of carbonyl (C=O) groups is 1. The van der Waals surface area contributed by atoms with Crippen LogP contribution in [0.2, 0.25) is 0 Å². The zero-order valence-corrected chi connectivity index (χ0v) is 7.97. The molecule has 0 spiro atoms. The van der Waals surface area contributed by atoms with Gasteiger partial charge in [-0.3, -0.25) is 4.79 Å². The number of carboxylic acid groups (broad SMARTS) is 1. The molecule has 2 atom stereocenters. The lowest BCUT2D eigenvalue weighted by Gasteiger charge is -2.32. The summed E-state index contributed by atoms with van der Waals surface area (Å²) in [6.45, 7) is 1.14. The highest BCUT2D eigenvalue weighted by Crippen LogP contribution is 2.33. The molecule has 4 nitrogen and oxygen atoms in total. The molecule has 0 aliphatic carbocycles. The zero-order valence-electron chi connectivity index (χ0n) is 7.16. The number of hydrogen-bond acceptors (Lipinski definition) is 3. The van der Waals surface area contributed by atoms with Crippen LogP contribution in [-0.2, 0) is 14.6 Å². The van der Waals surface area contributed by atoms with Crippen LogP contribution >= 0.6 is 0 Å². The van der Waals surface area contributed by atoms with E-state index in [-0.39, 0.29) is 12.2 Å². The lowest BCUT2D eigenvalue weighted by molar-refractivity contribution is -0.150. The number of alkyl halides is 1. The largest absolute Gasteiger partial charge is 0.481 e. The van der Waals surface area contributed by atoms with Gasteiger partial charge in [0.2, 0.25) is 0 Å². The third-order valence-corrected chi connectivity index (χ3v) is 4.28. The van der Waals surface area contributed by atoms with Gasteiger partial charge >= 0.3 is 5.97 Å². The van der Waals surface area contributed by atoms with Gasteiger partial charge in [-0.05, 0) is 13.3 Å². The van der Waals surface area contributed by atoms with Crippen molar-refractivity contribution in [1.29, 1.82) is 0 Å². The van der Waals surface area contributed by atoms with E-state index in [0.717, 1.165) is 6.92 Å². The molecule has 1 aliphatic heterocycles. The summed E-state index contributed by atoms with van der Waals surface area (Å²) in [6, 6.07) is 0. The van der Waals surface area contributed by atoms with Crippen LogP contribution in [0, 0.1) is 5.41 Å². The van der Waals surface area contributed by atoms with E-state index < -0.39 is 33.1 Å². The first-order valence-electron chi connectivity index (χ1n) is 3.86.